The molecule has 3 N–H and O–H groups in total. The number of amides is 1. The van der Waals surface area contributed by atoms with Crippen molar-refractivity contribution in [3.8, 4) is 0 Å². The third-order valence-corrected chi connectivity index (χ3v) is 10.9. The lowest BCUT2D eigenvalue weighted by Crippen LogP contribution is -2.54. The number of carboxylic acids is 1. The first-order valence-electron chi connectivity index (χ1n) is 12.6. The Kier molecular flexibility index (Phi) is 11.4. The van der Waals surface area contributed by atoms with Crippen LogP contribution in [-0.2, 0) is 29.9 Å². The fraction of sp³-hybridized carbons (Fsp3) is 0.667. The summed E-state index contributed by atoms with van der Waals surface area (Å²) in [7, 11) is -2.50. The first kappa shape index (κ1) is 32.6. The lowest BCUT2D eigenvalue weighted by atomic mass is 9.91. The van der Waals surface area contributed by atoms with Crippen LogP contribution in [0.3, 0.4) is 0 Å². The number of carboxylic acid groups (broad SMARTS) is 1. The van der Waals surface area contributed by atoms with Gasteiger partial charge >= 0.3 is 18.0 Å². The van der Waals surface area contributed by atoms with Crippen LogP contribution >= 0.6 is 0 Å². The van der Waals surface area contributed by atoms with Crippen molar-refractivity contribution in [2.24, 2.45) is 5.92 Å². The molecule has 37 heavy (non-hydrogen) atoms. The van der Waals surface area contributed by atoms with Crippen LogP contribution in [0.5, 0.6) is 0 Å². The molecule has 0 aromatic heterocycles. The van der Waals surface area contributed by atoms with Gasteiger partial charge in [-0.2, -0.15) is 0 Å². The molecular weight excluding hydrogens is 494 g/mol. The van der Waals surface area contributed by atoms with Gasteiger partial charge in [-0.05, 0) is 64.7 Å². The van der Waals surface area contributed by atoms with Crippen molar-refractivity contribution in [3.05, 3.63) is 35.9 Å². The number of aliphatic hydroxyl groups excluding tert-OH is 1. The Balaban J connectivity index is 3.28. The summed E-state index contributed by atoms with van der Waals surface area (Å²) in [6, 6.07) is 7.77. The molecule has 210 valence electrons. The van der Waals surface area contributed by atoms with Crippen molar-refractivity contribution in [3.63, 3.8) is 0 Å². The van der Waals surface area contributed by atoms with Crippen LogP contribution in [-0.4, -0.2) is 66.5 Å². The zero-order valence-corrected chi connectivity index (χ0v) is 24.8. The lowest BCUT2D eigenvalue weighted by molar-refractivity contribution is -0.165. The van der Waals surface area contributed by atoms with Gasteiger partial charge < -0.3 is 29.4 Å². The highest BCUT2D eigenvalue weighted by Gasteiger charge is 2.45. The van der Waals surface area contributed by atoms with E-state index in [9.17, 15) is 24.6 Å². The summed E-state index contributed by atoms with van der Waals surface area (Å²) in [5.41, 5.74) is 0.00407. The molecule has 0 heterocycles. The zero-order chi connectivity index (χ0) is 28.8. The molecule has 0 bridgehead atoms. The van der Waals surface area contributed by atoms with Crippen LogP contribution in [0, 0.1) is 5.92 Å². The third kappa shape index (κ3) is 10.5. The Morgan fingerprint density at radius 3 is 1.97 bits per heavy atom. The first-order valence-corrected chi connectivity index (χ1v) is 15.5. The van der Waals surface area contributed by atoms with E-state index >= 15 is 0 Å². The first-order chi connectivity index (χ1) is 16.7. The minimum Gasteiger partial charge on any atom is -0.481 e. The highest BCUT2D eigenvalue weighted by molar-refractivity contribution is 6.74. The molecule has 0 unspecified atom stereocenters. The Hall–Kier alpha value is -2.43. The number of carbonyl (C=O) groups is 3. The summed E-state index contributed by atoms with van der Waals surface area (Å²) in [6.45, 7) is 18.0. The fourth-order valence-corrected chi connectivity index (χ4v) is 4.76. The SMILES string of the molecule is C[C@H](OC(=O)[C@@H](NC(=O)OC(C)(C)C)[C@@H](C)O)[C@H](O[Si](C)(C)C(C)(C)C)[C@@H](Cc1ccccc1)C(=O)O. The van der Waals surface area contributed by atoms with Crippen molar-refractivity contribution >= 4 is 26.3 Å². The number of aliphatic hydroxyl groups is 1. The molecule has 0 spiro atoms. The van der Waals surface area contributed by atoms with E-state index < -0.39 is 62.2 Å². The van der Waals surface area contributed by atoms with E-state index in [4.69, 9.17) is 13.9 Å². The molecule has 10 heteroatoms. The van der Waals surface area contributed by atoms with Gasteiger partial charge in [-0.25, -0.2) is 9.59 Å². The molecule has 0 saturated carbocycles. The van der Waals surface area contributed by atoms with Gasteiger partial charge in [0.05, 0.1) is 18.1 Å². The summed E-state index contributed by atoms with van der Waals surface area (Å²) in [6.07, 6.45) is -3.96. The average molecular weight is 540 g/mol. The number of hydrogen-bond donors (Lipinski definition) is 3. The van der Waals surface area contributed by atoms with Gasteiger partial charge in [-0.1, -0.05) is 51.1 Å². The molecular formula is C27H45NO8Si. The summed E-state index contributed by atoms with van der Waals surface area (Å²) in [5.74, 6) is -3.00. The second-order valence-electron chi connectivity index (χ2n) is 12.0. The van der Waals surface area contributed by atoms with Gasteiger partial charge in [0, 0.05) is 0 Å². The molecule has 0 aliphatic heterocycles. The Labute approximate surface area is 222 Å². The third-order valence-electron chi connectivity index (χ3n) is 6.42. The smallest absolute Gasteiger partial charge is 0.408 e. The van der Waals surface area contributed by atoms with E-state index in [0.29, 0.717) is 0 Å². The van der Waals surface area contributed by atoms with Crippen LogP contribution in [0.4, 0.5) is 4.79 Å². The van der Waals surface area contributed by atoms with E-state index in [1.807, 2.05) is 64.2 Å². The summed E-state index contributed by atoms with van der Waals surface area (Å²) < 4.78 is 17.4. The molecule has 0 fully saturated rings. The monoisotopic (exact) mass is 539 g/mol. The minimum absolute atomic E-state index is 0.174. The summed E-state index contributed by atoms with van der Waals surface area (Å²) >= 11 is 0. The van der Waals surface area contributed by atoms with Crippen molar-refractivity contribution in [2.45, 2.75) is 110 Å². The zero-order valence-electron chi connectivity index (χ0n) is 23.8. The maximum absolute atomic E-state index is 13.1. The molecule has 1 amide bonds. The summed E-state index contributed by atoms with van der Waals surface area (Å²) in [5, 5.41) is 22.5. The van der Waals surface area contributed by atoms with E-state index in [1.54, 1.807) is 27.7 Å². The number of nitrogens with one attached hydrogen (secondary N) is 1. The molecule has 0 aliphatic carbocycles. The van der Waals surface area contributed by atoms with Gasteiger partial charge in [0.15, 0.2) is 14.4 Å². The molecule has 1 rings (SSSR count). The largest absolute Gasteiger partial charge is 0.481 e. The predicted molar refractivity (Wildman–Crippen MR) is 144 cm³/mol. The second-order valence-corrected chi connectivity index (χ2v) is 16.7. The molecule has 5 atom stereocenters. The van der Waals surface area contributed by atoms with Crippen LogP contribution in [0.1, 0.15) is 61.0 Å². The number of alkyl carbamates (subject to hydrolysis) is 1. The van der Waals surface area contributed by atoms with E-state index in [2.05, 4.69) is 5.32 Å². The second kappa shape index (κ2) is 12.9. The minimum atomic E-state index is -2.50. The number of rotatable bonds is 11. The highest BCUT2D eigenvalue weighted by atomic mass is 28.4. The number of hydrogen-bond acceptors (Lipinski definition) is 7. The summed E-state index contributed by atoms with van der Waals surface area (Å²) in [4.78, 5) is 37.8. The maximum Gasteiger partial charge on any atom is 0.408 e. The van der Waals surface area contributed by atoms with Crippen LogP contribution in [0.15, 0.2) is 30.3 Å². The maximum atomic E-state index is 13.1. The predicted octanol–water partition coefficient (Wildman–Crippen LogP) is 4.53. The number of benzene rings is 1. The normalized spacial score (nSPS) is 16.6. The Morgan fingerprint density at radius 1 is 1.00 bits per heavy atom. The highest BCUT2D eigenvalue weighted by Crippen LogP contribution is 2.39. The Morgan fingerprint density at radius 2 is 1.54 bits per heavy atom. The number of carbonyl (C=O) groups excluding carboxylic acids is 2. The topological polar surface area (TPSA) is 131 Å². The molecule has 9 nitrogen and oxygen atoms in total. The van der Waals surface area contributed by atoms with Crippen LogP contribution in [0.25, 0.3) is 0 Å². The van der Waals surface area contributed by atoms with Crippen molar-refractivity contribution in [2.75, 3.05) is 0 Å². The van der Waals surface area contributed by atoms with Gasteiger partial charge in [0.1, 0.15) is 11.7 Å². The van der Waals surface area contributed by atoms with Gasteiger partial charge in [0.2, 0.25) is 0 Å². The molecule has 0 aliphatic rings. The number of aliphatic carboxylic acids is 1. The van der Waals surface area contributed by atoms with E-state index in [-0.39, 0.29) is 11.5 Å². The van der Waals surface area contributed by atoms with Crippen molar-refractivity contribution in [1.29, 1.82) is 0 Å². The molecule has 1 aromatic carbocycles. The van der Waals surface area contributed by atoms with E-state index in [1.165, 1.54) is 6.92 Å². The van der Waals surface area contributed by atoms with Crippen molar-refractivity contribution < 1.29 is 38.5 Å². The molecule has 0 radical (unpaired) electrons. The Bertz CT molecular complexity index is 905. The van der Waals surface area contributed by atoms with Gasteiger partial charge in [0.25, 0.3) is 0 Å². The quantitative estimate of drug-likeness (QED) is 0.276. The molecule has 0 saturated heterocycles. The standard InChI is InChI=1S/C27H45NO8Si/c1-17(29)21(28-25(33)35-26(3,4)5)24(32)34-18(2)22(36-37(9,10)27(6,7)8)20(23(30)31)16-19-14-12-11-13-15-19/h11-15,17-18,20-22,29H,16H2,1-10H3,(H,28,33)(H,30,31)/t17-,18+,20-,21+,22+/m1/s1. The van der Waals surface area contributed by atoms with Gasteiger partial charge in [-0.15, -0.1) is 0 Å². The fourth-order valence-electron chi connectivity index (χ4n) is 3.37. The van der Waals surface area contributed by atoms with Gasteiger partial charge in [-0.3, -0.25) is 4.79 Å². The lowest BCUT2D eigenvalue weighted by Gasteiger charge is -2.42. The van der Waals surface area contributed by atoms with Crippen LogP contribution < -0.4 is 5.32 Å². The van der Waals surface area contributed by atoms with Crippen molar-refractivity contribution in [1.82, 2.24) is 5.32 Å². The number of esters is 1. The van der Waals surface area contributed by atoms with E-state index in [0.717, 1.165) is 5.56 Å². The van der Waals surface area contributed by atoms with Crippen LogP contribution in [0.2, 0.25) is 18.1 Å². The molecule has 1 aromatic rings. The average Bonchev–Trinajstić information content (AvgIpc) is 2.72. The number of ether oxygens (including phenoxy) is 2.